The maximum absolute atomic E-state index is 12.5. The van der Waals surface area contributed by atoms with E-state index in [-0.39, 0.29) is 24.0 Å². The maximum atomic E-state index is 12.5. The van der Waals surface area contributed by atoms with Gasteiger partial charge in [0.2, 0.25) is 0 Å². The molecule has 0 saturated heterocycles. The Balaban J connectivity index is 1.60. The fraction of sp³-hybridized carbons (Fsp3) is 0.211. The van der Waals surface area contributed by atoms with Gasteiger partial charge in [-0.1, -0.05) is 18.2 Å². The molecule has 0 spiro atoms. The third-order valence-corrected chi connectivity index (χ3v) is 3.92. The number of carbonyl (C=O) groups excluding carboxylic acids is 1. The van der Waals surface area contributed by atoms with Crippen molar-refractivity contribution in [3.63, 3.8) is 0 Å². The second-order valence-corrected chi connectivity index (χ2v) is 5.84. The third kappa shape index (κ3) is 5.03. The van der Waals surface area contributed by atoms with E-state index in [1.807, 2.05) is 12.1 Å². The molecule has 0 unspecified atom stereocenters. The van der Waals surface area contributed by atoms with Gasteiger partial charge in [0.15, 0.2) is 11.5 Å². The van der Waals surface area contributed by atoms with Gasteiger partial charge in [0, 0.05) is 12.1 Å². The van der Waals surface area contributed by atoms with Crippen LogP contribution in [-0.4, -0.2) is 34.4 Å². The molecule has 3 rings (SSSR count). The number of hydrogen-bond donors (Lipinski definition) is 1. The largest absolute Gasteiger partial charge is 0.493 e. The quantitative estimate of drug-likeness (QED) is 0.642. The number of ether oxygens (including phenoxy) is 2. The van der Waals surface area contributed by atoms with Crippen molar-refractivity contribution in [3.05, 3.63) is 71.8 Å². The first-order valence-corrected chi connectivity index (χ1v) is 8.36. The van der Waals surface area contributed by atoms with E-state index in [2.05, 4.69) is 20.1 Å². The fourth-order valence-electron chi connectivity index (χ4n) is 2.57. The average Bonchev–Trinajstić information content (AvgIpc) is 3.19. The summed E-state index contributed by atoms with van der Waals surface area (Å²) in [5.74, 6) is -0.167. The summed E-state index contributed by atoms with van der Waals surface area (Å²) in [6.07, 6.45) is 3.07. The van der Waals surface area contributed by atoms with Gasteiger partial charge < -0.3 is 14.8 Å². The van der Waals surface area contributed by atoms with Gasteiger partial charge in [0.05, 0.1) is 13.7 Å². The van der Waals surface area contributed by atoms with Crippen molar-refractivity contribution in [1.82, 2.24) is 20.1 Å². The summed E-state index contributed by atoms with van der Waals surface area (Å²) in [6, 6.07) is 11.7. The normalized spacial score (nSPS) is 10.7. The summed E-state index contributed by atoms with van der Waals surface area (Å²) in [4.78, 5) is 16.2. The molecule has 0 radical (unpaired) electrons. The van der Waals surface area contributed by atoms with Crippen molar-refractivity contribution in [1.29, 1.82) is 0 Å². The number of aromatic nitrogens is 3. The Morgan fingerprint density at radius 2 is 1.89 bits per heavy atom. The van der Waals surface area contributed by atoms with E-state index in [4.69, 9.17) is 4.74 Å². The Morgan fingerprint density at radius 3 is 2.54 bits per heavy atom. The first kappa shape index (κ1) is 19.3. The van der Waals surface area contributed by atoms with Crippen LogP contribution in [0.25, 0.3) is 0 Å². The second kappa shape index (κ2) is 8.94. The molecule has 0 aliphatic carbocycles. The van der Waals surface area contributed by atoms with E-state index < -0.39 is 6.61 Å². The van der Waals surface area contributed by atoms with Crippen LogP contribution in [0, 0.1) is 0 Å². The summed E-state index contributed by atoms with van der Waals surface area (Å²) < 4.78 is 36.1. The Hall–Kier alpha value is -3.49. The van der Waals surface area contributed by atoms with Crippen LogP contribution < -0.4 is 14.8 Å². The van der Waals surface area contributed by atoms with Crippen molar-refractivity contribution in [2.75, 3.05) is 7.11 Å². The molecular formula is C19H18F2N4O3. The summed E-state index contributed by atoms with van der Waals surface area (Å²) in [7, 11) is 1.36. The standard InChI is InChI=1S/C19H18F2N4O3/c1-27-16-7-4-14(8-17(16)28-19(20)21)9-23-18(26)15-5-2-13(3-6-15)10-25-12-22-11-24-25/h2-8,11-12,19H,9-10H2,1H3,(H,23,26). The summed E-state index contributed by atoms with van der Waals surface area (Å²) in [6.45, 7) is -2.25. The van der Waals surface area contributed by atoms with Crippen LogP contribution in [0.4, 0.5) is 8.78 Å². The molecule has 0 aliphatic rings. The van der Waals surface area contributed by atoms with Crippen LogP contribution >= 0.6 is 0 Å². The van der Waals surface area contributed by atoms with Gasteiger partial charge >= 0.3 is 6.61 Å². The molecule has 28 heavy (non-hydrogen) atoms. The first-order valence-electron chi connectivity index (χ1n) is 8.36. The van der Waals surface area contributed by atoms with Crippen molar-refractivity contribution in [2.24, 2.45) is 0 Å². The first-order chi connectivity index (χ1) is 13.5. The molecule has 0 fully saturated rings. The van der Waals surface area contributed by atoms with Crippen LogP contribution in [0.5, 0.6) is 11.5 Å². The number of halogens is 2. The van der Waals surface area contributed by atoms with Crippen molar-refractivity contribution < 1.29 is 23.0 Å². The molecule has 1 N–H and O–H groups in total. The van der Waals surface area contributed by atoms with E-state index in [0.717, 1.165) is 5.56 Å². The highest BCUT2D eigenvalue weighted by atomic mass is 19.3. The molecule has 0 aliphatic heterocycles. The van der Waals surface area contributed by atoms with E-state index in [1.165, 1.54) is 25.6 Å². The topological polar surface area (TPSA) is 78.3 Å². The molecule has 7 nitrogen and oxygen atoms in total. The van der Waals surface area contributed by atoms with Gasteiger partial charge in [-0.15, -0.1) is 0 Å². The zero-order chi connectivity index (χ0) is 19.9. The lowest BCUT2D eigenvalue weighted by molar-refractivity contribution is -0.0512. The second-order valence-electron chi connectivity index (χ2n) is 5.84. The summed E-state index contributed by atoms with van der Waals surface area (Å²) >= 11 is 0. The number of carbonyl (C=O) groups is 1. The molecule has 1 amide bonds. The molecule has 2 aromatic carbocycles. The van der Waals surface area contributed by atoms with Crippen molar-refractivity contribution >= 4 is 5.91 Å². The predicted molar refractivity (Wildman–Crippen MR) is 96.4 cm³/mol. The van der Waals surface area contributed by atoms with Gasteiger partial charge in [-0.3, -0.25) is 4.79 Å². The number of nitrogens with one attached hydrogen (secondary N) is 1. The number of benzene rings is 2. The molecule has 146 valence electrons. The number of nitrogens with zero attached hydrogens (tertiary/aromatic N) is 3. The molecule has 1 aromatic heterocycles. The molecule has 3 aromatic rings. The molecule has 9 heteroatoms. The summed E-state index contributed by atoms with van der Waals surface area (Å²) in [5, 5.41) is 6.78. The number of amides is 1. The lowest BCUT2D eigenvalue weighted by Crippen LogP contribution is -2.22. The average molecular weight is 388 g/mol. The smallest absolute Gasteiger partial charge is 0.387 e. The number of methoxy groups -OCH3 is 1. The van der Waals surface area contributed by atoms with Gasteiger partial charge in [0.1, 0.15) is 12.7 Å². The SMILES string of the molecule is COc1ccc(CNC(=O)c2ccc(Cn3cncn3)cc2)cc1OC(F)F. The molecule has 0 atom stereocenters. The van der Waals surface area contributed by atoms with E-state index >= 15 is 0 Å². The van der Waals surface area contributed by atoms with Crippen LogP contribution in [-0.2, 0) is 13.1 Å². The van der Waals surface area contributed by atoms with Crippen LogP contribution in [0.15, 0.2) is 55.1 Å². The van der Waals surface area contributed by atoms with Gasteiger partial charge in [-0.25, -0.2) is 9.67 Å². The van der Waals surface area contributed by atoms with Crippen molar-refractivity contribution in [3.8, 4) is 11.5 Å². The predicted octanol–water partition coefficient (Wildman–Crippen LogP) is 2.87. The van der Waals surface area contributed by atoms with E-state index in [0.29, 0.717) is 17.7 Å². The number of alkyl halides is 2. The van der Waals surface area contributed by atoms with E-state index in [9.17, 15) is 13.6 Å². The van der Waals surface area contributed by atoms with Crippen LogP contribution in [0.1, 0.15) is 21.5 Å². The third-order valence-electron chi connectivity index (χ3n) is 3.92. The van der Waals surface area contributed by atoms with Crippen LogP contribution in [0.2, 0.25) is 0 Å². The lowest BCUT2D eigenvalue weighted by Gasteiger charge is -2.12. The van der Waals surface area contributed by atoms with Gasteiger partial charge in [-0.05, 0) is 35.4 Å². The zero-order valence-corrected chi connectivity index (χ0v) is 15.0. The summed E-state index contributed by atoms with van der Waals surface area (Å²) in [5.41, 5.74) is 2.07. The fourth-order valence-corrected chi connectivity index (χ4v) is 2.57. The minimum absolute atomic E-state index is 0.0817. The van der Waals surface area contributed by atoms with Gasteiger partial charge in [-0.2, -0.15) is 13.9 Å². The van der Waals surface area contributed by atoms with Crippen molar-refractivity contribution in [2.45, 2.75) is 19.7 Å². The Kier molecular flexibility index (Phi) is 6.15. The highest BCUT2D eigenvalue weighted by Crippen LogP contribution is 2.29. The monoisotopic (exact) mass is 388 g/mol. The Bertz CT molecular complexity index is 915. The number of rotatable bonds is 8. The molecule has 0 bridgehead atoms. The van der Waals surface area contributed by atoms with E-state index in [1.54, 1.807) is 29.2 Å². The highest BCUT2D eigenvalue weighted by molar-refractivity contribution is 5.94. The Labute approximate surface area is 159 Å². The minimum Gasteiger partial charge on any atom is -0.493 e. The number of hydrogen-bond acceptors (Lipinski definition) is 5. The molecule has 1 heterocycles. The lowest BCUT2D eigenvalue weighted by atomic mass is 10.1. The molecule has 0 saturated carbocycles. The maximum Gasteiger partial charge on any atom is 0.387 e. The Morgan fingerprint density at radius 1 is 1.14 bits per heavy atom. The van der Waals surface area contributed by atoms with Crippen LogP contribution in [0.3, 0.4) is 0 Å². The molecular weight excluding hydrogens is 370 g/mol. The van der Waals surface area contributed by atoms with Gasteiger partial charge in [0.25, 0.3) is 5.91 Å². The zero-order valence-electron chi connectivity index (χ0n) is 15.0. The highest BCUT2D eigenvalue weighted by Gasteiger charge is 2.12. The minimum atomic E-state index is -2.96.